The van der Waals surface area contributed by atoms with Crippen LogP contribution in [0.5, 0.6) is 0 Å². The Kier molecular flexibility index (Phi) is 6.05. The van der Waals surface area contributed by atoms with Gasteiger partial charge in [-0.2, -0.15) is 0 Å². The molecule has 0 saturated carbocycles. The quantitative estimate of drug-likeness (QED) is 0.442. The van der Waals surface area contributed by atoms with E-state index in [1.54, 1.807) is 36.4 Å². The minimum absolute atomic E-state index is 0.173. The molecule has 130 valence electrons. The van der Waals surface area contributed by atoms with E-state index < -0.39 is 0 Å². The summed E-state index contributed by atoms with van der Waals surface area (Å²) in [6.45, 7) is 0. The number of rotatable bonds is 4. The molecule has 2 amide bonds. The molecule has 3 aromatic rings. The lowest BCUT2D eigenvalue weighted by Crippen LogP contribution is -2.13. The number of halogens is 2. The summed E-state index contributed by atoms with van der Waals surface area (Å²) < 4.78 is 1.74. The number of hydrogen-bond acceptors (Lipinski definition) is 2. The van der Waals surface area contributed by atoms with Crippen molar-refractivity contribution in [2.24, 2.45) is 0 Å². The third kappa shape index (κ3) is 4.70. The van der Waals surface area contributed by atoms with Crippen molar-refractivity contribution in [3.63, 3.8) is 0 Å². The zero-order valence-corrected chi connectivity index (χ0v) is 17.2. The second-order valence-electron chi connectivity index (χ2n) is 5.48. The van der Waals surface area contributed by atoms with E-state index >= 15 is 0 Å². The molecule has 0 aliphatic rings. The van der Waals surface area contributed by atoms with Crippen molar-refractivity contribution in [2.45, 2.75) is 0 Å². The summed E-state index contributed by atoms with van der Waals surface area (Å²) in [5, 5.41) is 5.68. The Morgan fingerprint density at radius 3 is 2.00 bits per heavy atom. The molecule has 3 rings (SSSR count). The van der Waals surface area contributed by atoms with E-state index in [0.717, 1.165) is 8.04 Å². The SMILES string of the molecule is O=C(Nc1ccc(NC(=O)c2ccccc2Br)cc1)c1cccc(I)c1. The van der Waals surface area contributed by atoms with Crippen LogP contribution >= 0.6 is 38.5 Å². The van der Waals surface area contributed by atoms with Crippen LogP contribution in [0.15, 0.2) is 77.3 Å². The third-order valence-corrected chi connectivity index (χ3v) is 4.97. The van der Waals surface area contributed by atoms with Crippen molar-refractivity contribution >= 4 is 61.7 Å². The topological polar surface area (TPSA) is 58.2 Å². The molecule has 26 heavy (non-hydrogen) atoms. The minimum Gasteiger partial charge on any atom is -0.322 e. The van der Waals surface area contributed by atoms with Gasteiger partial charge in [0.05, 0.1) is 5.56 Å². The molecule has 0 aliphatic heterocycles. The van der Waals surface area contributed by atoms with Gasteiger partial charge in [0.25, 0.3) is 11.8 Å². The molecule has 0 bridgehead atoms. The third-order valence-electron chi connectivity index (χ3n) is 3.61. The van der Waals surface area contributed by atoms with Gasteiger partial charge in [0.15, 0.2) is 0 Å². The zero-order valence-electron chi connectivity index (χ0n) is 13.5. The van der Waals surface area contributed by atoms with Crippen molar-refractivity contribution in [1.82, 2.24) is 0 Å². The van der Waals surface area contributed by atoms with Crippen LogP contribution in [-0.4, -0.2) is 11.8 Å². The highest BCUT2D eigenvalue weighted by Gasteiger charge is 2.10. The molecule has 0 aliphatic carbocycles. The van der Waals surface area contributed by atoms with Crippen LogP contribution in [-0.2, 0) is 0 Å². The summed E-state index contributed by atoms with van der Waals surface area (Å²) in [4.78, 5) is 24.6. The fourth-order valence-corrected chi connectivity index (χ4v) is 3.32. The number of anilines is 2. The molecule has 0 aromatic heterocycles. The Hall–Kier alpha value is -2.19. The van der Waals surface area contributed by atoms with Crippen LogP contribution in [0.25, 0.3) is 0 Å². The number of hydrogen-bond donors (Lipinski definition) is 2. The first-order chi connectivity index (χ1) is 12.5. The zero-order chi connectivity index (χ0) is 18.5. The van der Waals surface area contributed by atoms with Gasteiger partial charge in [-0.3, -0.25) is 9.59 Å². The average Bonchev–Trinajstić information content (AvgIpc) is 2.63. The molecule has 0 fully saturated rings. The fraction of sp³-hybridized carbons (Fsp3) is 0. The summed E-state index contributed by atoms with van der Waals surface area (Å²) >= 11 is 5.54. The Balaban J connectivity index is 1.66. The number of benzene rings is 3. The van der Waals surface area contributed by atoms with E-state index in [4.69, 9.17) is 0 Å². The van der Waals surface area contributed by atoms with Gasteiger partial charge < -0.3 is 10.6 Å². The van der Waals surface area contributed by atoms with Gasteiger partial charge in [-0.15, -0.1) is 0 Å². The molecule has 6 heteroatoms. The van der Waals surface area contributed by atoms with E-state index in [2.05, 4.69) is 49.2 Å². The molecule has 0 spiro atoms. The summed E-state index contributed by atoms with van der Waals surface area (Å²) in [5.74, 6) is -0.373. The predicted octanol–water partition coefficient (Wildman–Crippen LogP) is 5.56. The highest BCUT2D eigenvalue weighted by molar-refractivity contribution is 14.1. The maximum Gasteiger partial charge on any atom is 0.256 e. The van der Waals surface area contributed by atoms with Gasteiger partial charge in [-0.05, 0) is 93.1 Å². The first-order valence-corrected chi connectivity index (χ1v) is 9.63. The molecule has 2 N–H and O–H groups in total. The molecule has 0 radical (unpaired) electrons. The van der Waals surface area contributed by atoms with Gasteiger partial charge in [0.1, 0.15) is 0 Å². The van der Waals surface area contributed by atoms with Gasteiger partial charge in [0.2, 0.25) is 0 Å². The molecular weight excluding hydrogens is 507 g/mol. The van der Waals surface area contributed by atoms with Crippen LogP contribution in [0.4, 0.5) is 11.4 Å². The minimum atomic E-state index is -0.201. The highest BCUT2D eigenvalue weighted by Crippen LogP contribution is 2.19. The Morgan fingerprint density at radius 1 is 0.769 bits per heavy atom. The monoisotopic (exact) mass is 520 g/mol. The Labute approximate surface area is 173 Å². The van der Waals surface area contributed by atoms with Crippen LogP contribution in [0, 0.1) is 3.57 Å². The first kappa shape index (κ1) is 18.6. The standard InChI is InChI=1S/C20H14BrIN2O2/c21-18-7-2-1-6-17(18)20(26)24-16-10-8-15(9-11-16)23-19(25)13-4-3-5-14(22)12-13/h1-12H,(H,23,25)(H,24,26). The number of carbonyl (C=O) groups excluding carboxylic acids is 2. The molecule has 3 aromatic carbocycles. The van der Waals surface area contributed by atoms with Crippen molar-refractivity contribution < 1.29 is 9.59 Å². The van der Waals surface area contributed by atoms with Crippen molar-refractivity contribution in [2.75, 3.05) is 10.6 Å². The van der Waals surface area contributed by atoms with Crippen LogP contribution < -0.4 is 10.6 Å². The number of carbonyl (C=O) groups is 2. The lowest BCUT2D eigenvalue weighted by Gasteiger charge is -2.09. The first-order valence-electron chi connectivity index (χ1n) is 7.76. The van der Waals surface area contributed by atoms with E-state index in [9.17, 15) is 9.59 Å². The van der Waals surface area contributed by atoms with Crippen molar-refractivity contribution in [1.29, 1.82) is 0 Å². The largest absolute Gasteiger partial charge is 0.322 e. The second-order valence-corrected chi connectivity index (χ2v) is 7.58. The fourth-order valence-electron chi connectivity index (χ4n) is 2.31. The van der Waals surface area contributed by atoms with Crippen molar-refractivity contribution in [3.8, 4) is 0 Å². The highest BCUT2D eigenvalue weighted by atomic mass is 127. The summed E-state index contributed by atoms with van der Waals surface area (Å²) in [5.41, 5.74) is 2.47. The van der Waals surface area contributed by atoms with E-state index in [-0.39, 0.29) is 11.8 Å². The maximum atomic E-state index is 12.3. The molecule has 4 nitrogen and oxygen atoms in total. The predicted molar refractivity (Wildman–Crippen MR) is 116 cm³/mol. The van der Waals surface area contributed by atoms with E-state index in [1.165, 1.54) is 0 Å². The molecule has 0 atom stereocenters. The molecule has 0 heterocycles. The van der Waals surface area contributed by atoms with Crippen LogP contribution in [0.3, 0.4) is 0 Å². The summed E-state index contributed by atoms with van der Waals surface area (Å²) in [6, 6.07) is 21.6. The summed E-state index contributed by atoms with van der Waals surface area (Å²) in [6.07, 6.45) is 0. The molecule has 0 unspecified atom stereocenters. The Morgan fingerprint density at radius 2 is 1.38 bits per heavy atom. The number of amides is 2. The van der Waals surface area contributed by atoms with Crippen LogP contribution in [0.2, 0.25) is 0 Å². The van der Waals surface area contributed by atoms with Gasteiger partial charge in [0, 0.05) is 25.0 Å². The normalized spacial score (nSPS) is 10.2. The molecular formula is C20H14BrIN2O2. The average molecular weight is 521 g/mol. The molecule has 0 saturated heterocycles. The van der Waals surface area contributed by atoms with Gasteiger partial charge in [-0.25, -0.2) is 0 Å². The Bertz CT molecular complexity index is 958. The lowest BCUT2D eigenvalue weighted by atomic mass is 10.2. The van der Waals surface area contributed by atoms with E-state index in [1.807, 2.05) is 36.4 Å². The smallest absolute Gasteiger partial charge is 0.256 e. The lowest BCUT2D eigenvalue weighted by molar-refractivity contribution is 0.101. The summed E-state index contributed by atoms with van der Waals surface area (Å²) in [7, 11) is 0. The van der Waals surface area contributed by atoms with Gasteiger partial charge >= 0.3 is 0 Å². The van der Waals surface area contributed by atoms with Crippen molar-refractivity contribution in [3.05, 3.63) is 92.0 Å². The van der Waals surface area contributed by atoms with Gasteiger partial charge in [-0.1, -0.05) is 18.2 Å². The second kappa shape index (κ2) is 8.46. The maximum absolute atomic E-state index is 12.3. The van der Waals surface area contributed by atoms with E-state index in [0.29, 0.717) is 22.5 Å². The van der Waals surface area contributed by atoms with Crippen LogP contribution in [0.1, 0.15) is 20.7 Å². The number of nitrogens with one attached hydrogen (secondary N) is 2.